The fourth-order valence-corrected chi connectivity index (χ4v) is 2.03. The molecule has 1 aromatic rings. The normalized spacial score (nSPS) is 12.2. The van der Waals surface area contributed by atoms with Gasteiger partial charge in [0.15, 0.2) is 0 Å². The number of carboxylic acids is 1. The highest BCUT2D eigenvalue weighted by atomic mass is 16.4. The van der Waals surface area contributed by atoms with E-state index in [9.17, 15) is 9.59 Å². The van der Waals surface area contributed by atoms with Crippen LogP contribution in [0.4, 0.5) is 4.79 Å². The average molecular weight is 282 g/mol. The van der Waals surface area contributed by atoms with Crippen LogP contribution < -0.4 is 10.6 Å². The molecule has 1 unspecified atom stereocenters. The largest absolute Gasteiger partial charge is 0.481 e. The Balaban J connectivity index is 2.30. The van der Waals surface area contributed by atoms with Crippen molar-refractivity contribution < 1.29 is 19.1 Å². The van der Waals surface area contributed by atoms with Crippen LogP contribution in [0.5, 0.6) is 0 Å². The van der Waals surface area contributed by atoms with E-state index in [0.29, 0.717) is 19.0 Å². The standard InChI is InChI=1S/C14H22N2O4/c1-10(2)5-12(6-13(17)18)8-16-14(19)15-7-11-3-4-20-9-11/h3-4,9-10,12H,5-8H2,1-2H3,(H,17,18)(H2,15,16,19). The molecular formula is C14H22N2O4. The van der Waals surface area contributed by atoms with Gasteiger partial charge in [-0.15, -0.1) is 0 Å². The maximum Gasteiger partial charge on any atom is 0.315 e. The van der Waals surface area contributed by atoms with E-state index in [0.717, 1.165) is 12.0 Å². The van der Waals surface area contributed by atoms with E-state index in [-0.39, 0.29) is 18.4 Å². The summed E-state index contributed by atoms with van der Waals surface area (Å²) in [5, 5.41) is 14.3. The highest BCUT2D eigenvalue weighted by molar-refractivity contribution is 5.74. The molecule has 0 radical (unpaired) electrons. The van der Waals surface area contributed by atoms with Crippen molar-refractivity contribution in [2.75, 3.05) is 6.54 Å². The molecule has 112 valence electrons. The number of carbonyl (C=O) groups is 2. The first-order valence-corrected chi connectivity index (χ1v) is 6.72. The third-order valence-electron chi connectivity index (χ3n) is 2.85. The summed E-state index contributed by atoms with van der Waals surface area (Å²) in [6.07, 6.45) is 3.95. The zero-order valence-corrected chi connectivity index (χ0v) is 11.9. The summed E-state index contributed by atoms with van der Waals surface area (Å²) in [5.74, 6) is -0.487. The van der Waals surface area contributed by atoms with Crippen LogP contribution in [0.3, 0.4) is 0 Å². The average Bonchev–Trinajstić information content (AvgIpc) is 2.85. The molecule has 6 nitrogen and oxygen atoms in total. The molecule has 1 aromatic heterocycles. The molecule has 0 fully saturated rings. The van der Waals surface area contributed by atoms with Gasteiger partial charge in [0.2, 0.25) is 0 Å². The molecule has 1 rings (SSSR count). The second-order valence-electron chi connectivity index (χ2n) is 5.29. The topological polar surface area (TPSA) is 91.6 Å². The van der Waals surface area contributed by atoms with Crippen molar-refractivity contribution in [2.24, 2.45) is 11.8 Å². The van der Waals surface area contributed by atoms with E-state index < -0.39 is 5.97 Å². The van der Waals surface area contributed by atoms with Crippen LogP contribution in [0, 0.1) is 11.8 Å². The van der Waals surface area contributed by atoms with Gasteiger partial charge in [0.25, 0.3) is 0 Å². The second kappa shape index (κ2) is 8.24. The van der Waals surface area contributed by atoms with E-state index in [1.54, 1.807) is 18.6 Å². The Labute approximate surface area is 118 Å². The SMILES string of the molecule is CC(C)CC(CNC(=O)NCc1ccoc1)CC(=O)O. The number of carbonyl (C=O) groups excluding carboxylic acids is 1. The van der Waals surface area contributed by atoms with E-state index in [4.69, 9.17) is 9.52 Å². The maximum atomic E-state index is 11.6. The number of carboxylic acid groups (broad SMARTS) is 1. The number of amides is 2. The van der Waals surface area contributed by atoms with Crippen LogP contribution in [-0.4, -0.2) is 23.7 Å². The lowest BCUT2D eigenvalue weighted by molar-refractivity contribution is -0.138. The van der Waals surface area contributed by atoms with Crippen molar-refractivity contribution in [1.29, 1.82) is 0 Å². The van der Waals surface area contributed by atoms with Gasteiger partial charge >= 0.3 is 12.0 Å². The van der Waals surface area contributed by atoms with Crippen molar-refractivity contribution in [3.05, 3.63) is 24.2 Å². The number of hydrogen-bond acceptors (Lipinski definition) is 3. The lowest BCUT2D eigenvalue weighted by Gasteiger charge is -2.17. The summed E-state index contributed by atoms with van der Waals surface area (Å²) in [6, 6.07) is 1.47. The van der Waals surface area contributed by atoms with Gasteiger partial charge in [-0.1, -0.05) is 13.8 Å². The number of furan rings is 1. The lowest BCUT2D eigenvalue weighted by atomic mass is 9.94. The molecule has 0 aliphatic rings. The third-order valence-corrected chi connectivity index (χ3v) is 2.85. The molecule has 1 atom stereocenters. The molecular weight excluding hydrogens is 260 g/mol. The Morgan fingerprint density at radius 1 is 1.35 bits per heavy atom. The van der Waals surface area contributed by atoms with Crippen molar-refractivity contribution in [1.82, 2.24) is 10.6 Å². The maximum absolute atomic E-state index is 11.6. The number of rotatable bonds is 8. The summed E-state index contributed by atoms with van der Waals surface area (Å²) in [7, 11) is 0. The molecule has 0 aromatic carbocycles. The molecule has 0 aliphatic heterocycles. The van der Waals surface area contributed by atoms with E-state index in [1.807, 2.05) is 13.8 Å². The third kappa shape index (κ3) is 6.82. The van der Waals surface area contributed by atoms with Gasteiger partial charge in [0, 0.05) is 25.1 Å². The quantitative estimate of drug-likeness (QED) is 0.681. The van der Waals surface area contributed by atoms with Crippen LogP contribution in [0.25, 0.3) is 0 Å². The number of nitrogens with one attached hydrogen (secondary N) is 2. The zero-order valence-electron chi connectivity index (χ0n) is 11.9. The van der Waals surface area contributed by atoms with Gasteiger partial charge in [-0.05, 0) is 24.3 Å². The monoisotopic (exact) mass is 282 g/mol. The Morgan fingerprint density at radius 2 is 2.10 bits per heavy atom. The van der Waals surface area contributed by atoms with Gasteiger partial charge < -0.3 is 20.2 Å². The first-order valence-electron chi connectivity index (χ1n) is 6.72. The van der Waals surface area contributed by atoms with Gasteiger partial charge in [-0.3, -0.25) is 4.79 Å². The van der Waals surface area contributed by atoms with Crippen molar-refractivity contribution in [3.8, 4) is 0 Å². The summed E-state index contributed by atoms with van der Waals surface area (Å²) in [5.41, 5.74) is 0.879. The Hall–Kier alpha value is -1.98. The first kappa shape index (κ1) is 16.1. The Bertz CT molecular complexity index is 415. The molecule has 0 bridgehead atoms. The van der Waals surface area contributed by atoms with Crippen LogP contribution in [-0.2, 0) is 11.3 Å². The lowest BCUT2D eigenvalue weighted by Crippen LogP contribution is -2.38. The predicted octanol–water partition coefficient (Wildman–Crippen LogP) is 2.22. The van der Waals surface area contributed by atoms with Crippen LogP contribution in [0.2, 0.25) is 0 Å². The smallest absolute Gasteiger partial charge is 0.315 e. The van der Waals surface area contributed by atoms with Gasteiger partial charge in [-0.25, -0.2) is 4.79 Å². The first-order chi connectivity index (χ1) is 9.47. The molecule has 20 heavy (non-hydrogen) atoms. The fourth-order valence-electron chi connectivity index (χ4n) is 2.03. The predicted molar refractivity (Wildman–Crippen MR) is 74.1 cm³/mol. The zero-order chi connectivity index (χ0) is 15.0. The van der Waals surface area contributed by atoms with Gasteiger partial charge in [-0.2, -0.15) is 0 Å². The van der Waals surface area contributed by atoms with Crippen LogP contribution in [0.1, 0.15) is 32.3 Å². The number of urea groups is 1. The molecule has 0 spiro atoms. The molecule has 0 saturated carbocycles. The molecule has 6 heteroatoms. The van der Waals surface area contributed by atoms with Gasteiger partial charge in [0.1, 0.15) is 0 Å². The van der Waals surface area contributed by atoms with E-state index in [2.05, 4.69) is 10.6 Å². The molecule has 0 saturated heterocycles. The van der Waals surface area contributed by atoms with Crippen molar-refractivity contribution >= 4 is 12.0 Å². The van der Waals surface area contributed by atoms with E-state index in [1.165, 1.54) is 0 Å². The number of aliphatic carboxylic acids is 1. The van der Waals surface area contributed by atoms with E-state index >= 15 is 0 Å². The minimum absolute atomic E-state index is 0.0489. The Morgan fingerprint density at radius 3 is 2.65 bits per heavy atom. The summed E-state index contributed by atoms with van der Waals surface area (Å²) < 4.78 is 4.90. The Kier molecular flexibility index (Phi) is 6.63. The minimum Gasteiger partial charge on any atom is -0.481 e. The van der Waals surface area contributed by atoms with Crippen molar-refractivity contribution in [3.63, 3.8) is 0 Å². The molecule has 3 N–H and O–H groups in total. The molecule has 2 amide bonds. The summed E-state index contributed by atoms with van der Waals surface area (Å²) in [4.78, 5) is 22.4. The van der Waals surface area contributed by atoms with Crippen LogP contribution >= 0.6 is 0 Å². The number of hydrogen-bond donors (Lipinski definition) is 3. The highest BCUT2D eigenvalue weighted by Crippen LogP contribution is 2.14. The van der Waals surface area contributed by atoms with Gasteiger partial charge in [0.05, 0.1) is 12.5 Å². The van der Waals surface area contributed by atoms with Crippen LogP contribution in [0.15, 0.2) is 23.0 Å². The summed E-state index contributed by atoms with van der Waals surface area (Å²) >= 11 is 0. The second-order valence-corrected chi connectivity index (χ2v) is 5.29. The molecule has 1 heterocycles. The van der Waals surface area contributed by atoms with Crippen molar-refractivity contribution in [2.45, 2.75) is 33.2 Å². The summed E-state index contributed by atoms with van der Waals surface area (Å²) in [6.45, 7) is 4.82. The fraction of sp³-hybridized carbons (Fsp3) is 0.571. The highest BCUT2D eigenvalue weighted by Gasteiger charge is 2.15. The molecule has 0 aliphatic carbocycles. The minimum atomic E-state index is -0.837.